The maximum absolute atomic E-state index is 13.5. The fourth-order valence-corrected chi connectivity index (χ4v) is 4.88. The fourth-order valence-electron chi connectivity index (χ4n) is 4.88. The standard InChI is InChI=1S/C27H22F3N5O3/c1-34-22-12-32-21-8-3-15(16-10-20(27(28,29)30)24(31)33-11-16)9-19(21)23(22)35(25(34)36)18-6-4-17(5-7-18)26(37-2)13-38-14-26/h3-12H,13-14H2,1-2H3,(H2,31,33). The number of benzene rings is 2. The van der Waals surface area contributed by atoms with Crippen molar-refractivity contribution in [1.29, 1.82) is 0 Å². The highest BCUT2D eigenvalue weighted by Gasteiger charge is 2.40. The summed E-state index contributed by atoms with van der Waals surface area (Å²) in [6.45, 7) is 0.901. The van der Waals surface area contributed by atoms with Crippen LogP contribution in [0.3, 0.4) is 0 Å². The predicted octanol–water partition coefficient (Wildman–Crippen LogP) is 4.41. The number of aryl methyl sites for hydroxylation is 1. The maximum atomic E-state index is 13.5. The fraction of sp³-hybridized carbons (Fsp3) is 0.222. The highest BCUT2D eigenvalue weighted by Crippen LogP contribution is 2.37. The van der Waals surface area contributed by atoms with Gasteiger partial charge in [0, 0.05) is 31.3 Å². The number of anilines is 1. The Labute approximate surface area is 214 Å². The molecule has 6 rings (SSSR count). The molecular formula is C27H22F3N5O3. The van der Waals surface area contributed by atoms with Crippen molar-refractivity contribution in [3.05, 3.63) is 82.5 Å². The van der Waals surface area contributed by atoms with Crippen LogP contribution in [0.2, 0.25) is 0 Å². The SMILES string of the molecule is COC1(c2ccc(-n3c(=O)n(C)c4cnc5ccc(-c6cnc(N)c(C(F)(F)F)c6)cc5c43)cc2)COC1. The van der Waals surface area contributed by atoms with Crippen molar-refractivity contribution in [2.75, 3.05) is 26.1 Å². The average molecular weight is 521 g/mol. The number of ether oxygens (including phenoxy) is 2. The Balaban J connectivity index is 1.55. The Morgan fingerprint density at radius 2 is 1.76 bits per heavy atom. The molecule has 0 bridgehead atoms. The molecule has 1 fully saturated rings. The van der Waals surface area contributed by atoms with Gasteiger partial charge in [-0.3, -0.25) is 14.1 Å². The third-order valence-corrected chi connectivity index (χ3v) is 7.15. The summed E-state index contributed by atoms with van der Waals surface area (Å²) >= 11 is 0. The highest BCUT2D eigenvalue weighted by atomic mass is 19.4. The number of halogens is 3. The molecule has 11 heteroatoms. The number of nitrogen functional groups attached to an aromatic ring is 1. The first kappa shape index (κ1) is 24.1. The van der Waals surface area contributed by atoms with E-state index >= 15 is 0 Å². The Bertz CT molecular complexity index is 1760. The van der Waals surface area contributed by atoms with Crippen molar-refractivity contribution < 1.29 is 22.6 Å². The summed E-state index contributed by atoms with van der Waals surface area (Å²) in [6, 6.07) is 13.5. The number of pyridine rings is 2. The van der Waals surface area contributed by atoms with E-state index in [4.69, 9.17) is 15.2 Å². The van der Waals surface area contributed by atoms with Gasteiger partial charge in [-0.25, -0.2) is 9.78 Å². The second kappa shape index (κ2) is 8.40. The molecule has 2 aromatic carbocycles. The van der Waals surface area contributed by atoms with E-state index in [1.54, 1.807) is 43.1 Å². The molecule has 1 aliphatic heterocycles. The quantitative estimate of drug-likeness (QED) is 0.376. The van der Waals surface area contributed by atoms with Gasteiger partial charge in [0.15, 0.2) is 0 Å². The van der Waals surface area contributed by atoms with E-state index in [0.29, 0.717) is 46.4 Å². The van der Waals surface area contributed by atoms with E-state index in [0.717, 1.165) is 11.6 Å². The Kier molecular flexibility index (Phi) is 5.34. The van der Waals surface area contributed by atoms with Gasteiger partial charge in [0.25, 0.3) is 0 Å². The molecule has 3 aromatic heterocycles. The lowest BCUT2D eigenvalue weighted by molar-refractivity contribution is -0.202. The monoisotopic (exact) mass is 521 g/mol. The molecule has 0 amide bonds. The number of alkyl halides is 3. The van der Waals surface area contributed by atoms with Crippen molar-refractivity contribution >= 4 is 27.8 Å². The number of aromatic nitrogens is 4. The summed E-state index contributed by atoms with van der Waals surface area (Å²) in [6.07, 6.45) is -1.73. The van der Waals surface area contributed by atoms with Crippen molar-refractivity contribution in [3.63, 3.8) is 0 Å². The smallest absolute Gasteiger partial charge is 0.383 e. The van der Waals surface area contributed by atoms with Crippen LogP contribution in [0.5, 0.6) is 0 Å². The second-order valence-electron chi connectivity index (χ2n) is 9.29. The van der Waals surface area contributed by atoms with Gasteiger partial charge in [0.2, 0.25) is 0 Å². The molecule has 0 aliphatic carbocycles. The van der Waals surface area contributed by atoms with Crippen molar-refractivity contribution in [2.24, 2.45) is 7.05 Å². The summed E-state index contributed by atoms with van der Waals surface area (Å²) in [5, 5.41) is 0.605. The van der Waals surface area contributed by atoms with Crippen LogP contribution >= 0.6 is 0 Å². The lowest BCUT2D eigenvalue weighted by atomic mass is 9.91. The van der Waals surface area contributed by atoms with Crippen molar-refractivity contribution in [1.82, 2.24) is 19.1 Å². The Morgan fingerprint density at radius 3 is 2.39 bits per heavy atom. The largest absolute Gasteiger partial charge is 0.419 e. The van der Waals surface area contributed by atoms with Crippen LogP contribution < -0.4 is 11.4 Å². The molecule has 0 spiro atoms. The molecule has 0 atom stereocenters. The number of nitrogens with two attached hydrogens (primary N) is 1. The zero-order valence-electron chi connectivity index (χ0n) is 20.4. The molecule has 1 saturated heterocycles. The number of hydrogen-bond donors (Lipinski definition) is 1. The van der Waals surface area contributed by atoms with Crippen LogP contribution in [0, 0.1) is 0 Å². The topological polar surface area (TPSA) is 97.2 Å². The number of nitrogens with zero attached hydrogens (tertiary/aromatic N) is 4. The van der Waals surface area contributed by atoms with E-state index in [-0.39, 0.29) is 11.3 Å². The molecule has 2 N–H and O–H groups in total. The number of fused-ring (bicyclic) bond motifs is 3. The Hall–Kier alpha value is -4.22. The molecule has 0 saturated carbocycles. The summed E-state index contributed by atoms with van der Waals surface area (Å²) in [5.41, 5.74) is 7.73. The summed E-state index contributed by atoms with van der Waals surface area (Å²) in [4.78, 5) is 21.6. The zero-order valence-corrected chi connectivity index (χ0v) is 20.4. The first-order valence-electron chi connectivity index (χ1n) is 11.7. The van der Waals surface area contributed by atoms with E-state index < -0.39 is 23.2 Å². The summed E-state index contributed by atoms with van der Waals surface area (Å²) in [7, 11) is 3.29. The number of imidazole rings is 1. The van der Waals surface area contributed by atoms with Gasteiger partial charge in [-0.1, -0.05) is 18.2 Å². The van der Waals surface area contributed by atoms with Gasteiger partial charge in [0.1, 0.15) is 11.4 Å². The minimum absolute atomic E-state index is 0.243. The maximum Gasteiger partial charge on any atom is 0.419 e. The molecular weight excluding hydrogens is 499 g/mol. The minimum atomic E-state index is -4.64. The van der Waals surface area contributed by atoms with Crippen LogP contribution in [-0.2, 0) is 28.3 Å². The lowest BCUT2D eigenvalue weighted by Crippen LogP contribution is -2.48. The van der Waals surface area contributed by atoms with Gasteiger partial charge in [-0.05, 0) is 41.5 Å². The van der Waals surface area contributed by atoms with Gasteiger partial charge >= 0.3 is 11.9 Å². The Morgan fingerprint density at radius 1 is 1.03 bits per heavy atom. The second-order valence-corrected chi connectivity index (χ2v) is 9.29. The van der Waals surface area contributed by atoms with Crippen LogP contribution in [0.15, 0.2) is 65.7 Å². The van der Waals surface area contributed by atoms with Crippen molar-refractivity contribution in [3.8, 4) is 16.8 Å². The summed E-state index contributed by atoms with van der Waals surface area (Å²) < 4.78 is 54.5. The van der Waals surface area contributed by atoms with E-state index in [9.17, 15) is 18.0 Å². The molecule has 38 heavy (non-hydrogen) atoms. The zero-order chi connectivity index (χ0) is 26.8. The average Bonchev–Trinajstić information content (AvgIpc) is 3.13. The van der Waals surface area contributed by atoms with E-state index in [1.807, 2.05) is 24.3 Å². The number of rotatable bonds is 4. The lowest BCUT2D eigenvalue weighted by Gasteiger charge is -2.40. The molecule has 0 radical (unpaired) electrons. The van der Waals surface area contributed by atoms with Gasteiger partial charge in [-0.15, -0.1) is 0 Å². The molecule has 194 valence electrons. The molecule has 1 aliphatic rings. The first-order chi connectivity index (χ1) is 18.1. The number of methoxy groups -OCH3 is 1. The minimum Gasteiger partial charge on any atom is -0.383 e. The third-order valence-electron chi connectivity index (χ3n) is 7.15. The van der Waals surface area contributed by atoms with Crippen LogP contribution in [0.25, 0.3) is 38.8 Å². The van der Waals surface area contributed by atoms with Crippen molar-refractivity contribution in [2.45, 2.75) is 11.8 Å². The van der Waals surface area contributed by atoms with Gasteiger partial charge in [-0.2, -0.15) is 13.2 Å². The predicted molar refractivity (Wildman–Crippen MR) is 136 cm³/mol. The number of hydrogen-bond acceptors (Lipinski definition) is 6. The van der Waals surface area contributed by atoms with Crippen LogP contribution in [0.4, 0.5) is 19.0 Å². The van der Waals surface area contributed by atoms with Gasteiger partial charge in [0.05, 0.1) is 47.2 Å². The van der Waals surface area contributed by atoms with Crippen LogP contribution in [0.1, 0.15) is 11.1 Å². The normalized spacial score (nSPS) is 15.2. The van der Waals surface area contributed by atoms with Gasteiger partial charge < -0.3 is 15.2 Å². The summed E-state index contributed by atoms with van der Waals surface area (Å²) in [5.74, 6) is -0.588. The molecule has 4 heterocycles. The van der Waals surface area contributed by atoms with E-state index in [1.165, 1.54) is 10.8 Å². The van der Waals surface area contributed by atoms with E-state index in [2.05, 4.69) is 9.97 Å². The highest BCUT2D eigenvalue weighted by molar-refractivity contribution is 6.04. The van der Waals surface area contributed by atoms with Crippen LogP contribution in [-0.4, -0.2) is 39.4 Å². The molecule has 8 nitrogen and oxygen atoms in total. The molecule has 0 unspecified atom stereocenters. The molecule has 5 aromatic rings. The third kappa shape index (κ3) is 3.57. The first-order valence-corrected chi connectivity index (χ1v) is 11.7.